The average molecular weight is 114 g/mol. The van der Waals surface area contributed by atoms with Gasteiger partial charge in [-0.15, -0.1) is 0 Å². The molecule has 0 aliphatic heterocycles. The van der Waals surface area contributed by atoms with Gasteiger partial charge in [-0.25, -0.2) is 4.79 Å². The van der Waals surface area contributed by atoms with E-state index in [-0.39, 0.29) is 5.54 Å². The molecule has 0 aromatic heterocycles. The van der Waals surface area contributed by atoms with Gasteiger partial charge in [-0.1, -0.05) is 0 Å². The summed E-state index contributed by atoms with van der Waals surface area (Å²) < 4.78 is 0. The van der Waals surface area contributed by atoms with E-state index in [0.29, 0.717) is 0 Å². The molecule has 46 valence electrons. The Balaban J connectivity index is 2.29. The summed E-state index contributed by atoms with van der Waals surface area (Å²) in [4.78, 5) is 10.2. The molecule has 0 saturated heterocycles. The summed E-state index contributed by atoms with van der Waals surface area (Å²) in [5.74, 6) is 0. The van der Waals surface area contributed by atoms with E-state index in [1.165, 1.54) is 0 Å². The molecule has 3 heteroatoms. The molecule has 1 aliphatic rings. The molecule has 0 radical (unpaired) electrons. The van der Waals surface area contributed by atoms with E-state index in [4.69, 9.17) is 5.73 Å². The van der Waals surface area contributed by atoms with Crippen molar-refractivity contribution in [2.45, 2.75) is 25.3 Å². The Morgan fingerprint density at radius 2 is 2.25 bits per heavy atom. The van der Waals surface area contributed by atoms with Crippen LogP contribution in [0, 0.1) is 0 Å². The van der Waals surface area contributed by atoms with Crippen LogP contribution in [0.15, 0.2) is 0 Å². The highest BCUT2D eigenvalue weighted by atomic mass is 16.2. The van der Waals surface area contributed by atoms with E-state index in [9.17, 15) is 4.79 Å². The summed E-state index contributed by atoms with van der Waals surface area (Å²) in [5, 5.41) is 2.63. The molecule has 1 rings (SSSR count). The van der Waals surface area contributed by atoms with Crippen LogP contribution in [0.25, 0.3) is 0 Å². The molecule has 0 aromatic rings. The van der Waals surface area contributed by atoms with Crippen molar-refractivity contribution in [1.82, 2.24) is 5.32 Å². The minimum Gasteiger partial charge on any atom is -0.352 e. The third-order valence-electron chi connectivity index (χ3n) is 1.42. The highest BCUT2D eigenvalue weighted by molar-refractivity contribution is 5.73. The van der Waals surface area contributed by atoms with E-state index < -0.39 is 6.03 Å². The van der Waals surface area contributed by atoms with Gasteiger partial charge >= 0.3 is 6.03 Å². The van der Waals surface area contributed by atoms with Crippen molar-refractivity contribution in [3.63, 3.8) is 0 Å². The Kier molecular flexibility index (Phi) is 0.927. The van der Waals surface area contributed by atoms with Crippen molar-refractivity contribution in [2.75, 3.05) is 0 Å². The molecule has 0 aromatic carbocycles. The quantitative estimate of drug-likeness (QED) is 0.503. The van der Waals surface area contributed by atoms with Crippen LogP contribution in [0.1, 0.15) is 19.8 Å². The van der Waals surface area contributed by atoms with Gasteiger partial charge in [0.25, 0.3) is 0 Å². The van der Waals surface area contributed by atoms with Gasteiger partial charge in [-0.05, 0) is 19.8 Å². The first-order valence-corrected chi connectivity index (χ1v) is 2.70. The van der Waals surface area contributed by atoms with Gasteiger partial charge in [0.15, 0.2) is 0 Å². The molecule has 1 fully saturated rings. The molecule has 0 heterocycles. The summed E-state index contributed by atoms with van der Waals surface area (Å²) in [7, 11) is 0. The Morgan fingerprint density at radius 3 is 2.38 bits per heavy atom. The molecule has 0 spiro atoms. The fourth-order valence-electron chi connectivity index (χ4n) is 0.610. The van der Waals surface area contributed by atoms with Crippen LogP contribution in [0.3, 0.4) is 0 Å². The number of primary amides is 1. The number of nitrogens with one attached hydrogen (secondary N) is 1. The number of nitrogens with two attached hydrogens (primary N) is 1. The predicted molar refractivity (Wildman–Crippen MR) is 30.4 cm³/mol. The molecule has 0 unspecified atom stereocenters. The number of hydrogen-bond acceptors (Lipinski definition) is 1. The normalized spacial score (nSPS) is 22.1. The summed E-state index contributed by atoms with van der Waals surface area (Å²) in [5.41, 5.74) is 4.92. The van der Waals surface area contributed by atoms with Gasteiger partial charge in [0.2, 0.25) is 0 Å². The van der Waals surface area contributed by atoms with Crippen molar-refractivity contribution >= 4 is 6.03 Å². The van der Waals surface area contributed by atoms with Gasteiger partial charge in [-0.3, -0.25) is 0 Å². The van der Waals surface area contributed by atoms with E-state index >= 15 is 0 Å². The van der Waals surface area contributed by atoms with Gasteiger partial charge in [0, 0.05) is 5.54 Å². The summed E-state index contributed by atoms with van der Waals surface area (Å²) in [6.45, 7) is 1.98. The fraction of sp³-hybridized carbons (Fsp3) is 0.800. The van der Waals surface area contributed by atoms with E-state index in [1.54, 1.807) is 0 Å². The summed E-state index contributed by atoms with van der Waals surface area (Å²) in [6.07, 6.45) is 2.13. The zero-order chi connectivity index (χ0) is 6.20. The second-order valence-electron chi connectivity index (χ2n) is 2.55. The topological polar surface area (TPSA) is 55.1 Å². The molecule has 1 aliphatic carbocycles. The van der Waals surface area contributed by atoms with E-state index in [2.05, 4.69) is 5.32 Å². The highest BCUT2D eigenvalue weighted by Crippen LogP contribution is 2.33. The smallest absolute Gasteiger partial charge is 0.312 e. The number of hydrogen-bond donors (Lipinski definition) is 2. The summed E-state index contributed by atoms with van der Waals surface area (Å²) >= 11 is 0. The van der Waals surface area contributed by atoms with Crippen molar-refractivity contribution in [1.29, 1.82) is 0 Å². The third kappa shape index (κ3) is 1.12. The first kappa shape index (κ1) is 5.41. The van der Waals surface area contributed by atoms with E-state index in [0.717, 1.165) is 12.8 Å². The molecule has 0 bridgehead atoms. The Hall–Kier alpha value is -0.730. The number of rotatable bonds is 1. The van der Waals surface area contributed by atoms with Crippen LogP contribution < -0.4 is 11.1 Å². The SMILES string of the molecule is CC1(NC(N)=O)CC1. The second kappa shape index (κ2) is 1.37. The van der Waals surface area contributed by atoms with Gasteiger partial charge in [-0.2, -0.15) is 0 Å². The largest absolute Gasteiger partial charge is 0.352 e. The lowest BCUT2D eigenvalue weighted by molar-refractivity contribution is 0.245. The monoisotopic (exact) mass is 114 g/mol. The van der Waals surface area contributed by atoms with Gasteiger partial charge < -0.3 is 11.1 Å². The van der Waals surface area contributed by atoms with Crippen molar-refractivity contribution in [2.24, 2.45) is 5.73 Å². The standard InChI is InChI=1S/C5H10N2O/c1-5(2-3-5)7-4(6)8/h2-3H2,1H3,(H3,6,7,8). The second-order valence-corrected chi connectivity index (χ2v) is 2.55. The lowest BCUT2D eigenvalue weighted by atomic mass is 10.3. The maximum absolute atomic E-state index is 10.2. The zero-order valence-corrected chi connectivity index (χ0v) is 4.90. The van der Waals surface area contributed by atoms with Crippen LogP contribution in [0.2, 0.25) is 0 Å². The number of carbonyl (C=O) groups excluding carboxylic acids is 1. The highest BCUT2D eigenvalue weighted by Gasteiger charge is 2.37. The first-order chi connectivity index (χ1) is 3.62. The van der Waals surface area contributed by atoms with Gasteiger partial charge in [0.1, 0.15) is 0 Å². The van der Waals surface area contributed by atoms with Crippen molar-refractivity contribution in [3.8, 4) is 0 Å². The fourth-order valence-corrected chi connectivity index (χ4v) is 0.610. The molecule has 3 nitrogen and oxygen atoms in total. The molecular formula is C5H10N2O. The first-order valence-electron chi connectivity index (χ1n) is 2.70. The van der Waals surface area contributed by atoms with E-state index in [1.807, 2.05) is 6.92 Å². The molecule has 8 heavy (non-hydrogen) atoms. The minimum atomic E-state index is -0.412. The van der Waals surface area contributed by atoms with Gasteiger partial charge in [0.05, 0.1) is 0 Å². The minimum absolute atomic E-state index is 0.0475. The summed E-state index contributed by atoms with van der Waals surface area (Å²) in [6, 6.07) is -0.412. The van der Waals surface area contributed by atoms with Crippen LogP contribution >= 0.6 is 0 Å². The predicted octanol–water partition coefficient (Wildman–Crippen LogP) is 0.207. The maximum Gasteiger partial charge on any atom is 0.312 e. The Bertz CT molecular complexity index is 118. The zero-order valence-electron chi connectivity index (χ0n) is 4.90. The Morgan fingerprint density at radius 1 is 1.75 bits per heavy atom. The molecule has 2 amide bonds. The lowest BCUT2D eigenvalue weighted by Gasteiger charge is -2.06. The molecule has 3 N–H and O–H groups in total. The third-order valence-corrected chi connectivity index (χ3v) is 1.42. The molecule has 0 atom stereocenters. The average Bonchev–Trinajstić information content (AvgIpc) is 2.17. The number of carbonyl (C=O) groups is 1. The van der Waals surface area contributed by atoms with Crippen molar-refractivity contribution < 1.29 is 4.79 Å². The molecule has 1 saturated carbocycles. The lowest BCUT2D eigenvalue weighted by Crippen LogP contribution is -2.38. The maximum atomic E-state index is 10.2. The Labute approximate surface area is 48.2 Å². The van der Waals surface area contributed by atoms with Crippen LogP contribution in [0.4, 0.5) is 4.79 Å². The van der Waals surface area contributed by atoms with Crippen molar-refractivity contribution in [3.05, 3.63) is 0 Å². The molecular weight excluding hydrogens is 104 g/mol. The van der Waals surface area contributed by atoms with Crippen LogP contribution in [-0.2, 0) is 0 Å². The number of amides is 2. The van der Waals surface area contributed by atoms with Crippen LogP contribution in [0.5, 0.6) is 0 Å². The number of urea groups is 1. The van der Waals surface area contributed by atoms with Crippen LogP contribution in [-0.4, -0.2) is 11.6 Å².